The lowest BCUT2D eigenvalue weighted by atomic mass is 9.94. The van der Waals surface area contributed by atoms with E-state index in [0.717, 1.165) is 36.9 Å². The summed E-state index contributed by atoms with van der Waals surface area (Å²) in [5.74, 6) is -0.958. The van der Waals surface area contributed by atoms with Gasteiger partial charge < -0.3 is 24.4 Å². The zero-order chi connectivity index (χ0) is 24.6. The third kappa shape index (κ3) is 4.09. The van der Waals surface area contributed by atoms with Crippen molar-refractivity contribution in [3.8, 4) is 11.5 Å². The molecule has 2 aliphatic rings. The van der Waals surface area contributed by atoms with Crippen LogP contribution in [0.1, 0.15) is 42.9 Å². The molecule has 0 radical (unpaired) electrons. The molecule has 1 atom stereocenters. The number of nitrogens with zero attached hydrogens (tertiary/aromatic N) is 2. The van der Waals surface area contributed by atoms with E-state index in [-0.39, 0.29) is 33.7 Å². The molecule has 1 N–H and O–H groups in total. The van der Waals surface area contributed by atoms with Crippen LogP contribution in [0.2, 0.25) is 5.02 Å². The van der Waals surface area contributed by atoms with Crippen LogP contribution in [0, 0.1) is 0 Å². The lowest BCUT2D eigenvalue weighted by Gasteiger charge is -2.31. The van der Waals surface area contributed by atoms with E-state index in [2.05, 4.69) is 0 Å². The van der Waals surface area contributed by atoms with E-state index in [1.165, 1.54) is 20.3 Å². The van der Waals surface area contributed by atoms with Crippen LogP contribution in [0.15, 0.2) is 42.0 Å². The molecule has 1 heterocycles. The van der Waals surface area contributed by atoms with Gasteiger partial charge >= 0.3 is 0 Å². The molecule has 0 aromatic heterocycles. The molecule has 7 nitrogen and oxygen atoms in total. The predicted molar refractivity (Wildman–Crippen MR) is 132 cm³/mol. The van der Waals surface area contributed by atoms with Crippen molar-refractivity contribution >= 4 is 34.7 Å². The molecule has 1 aliphatic carbocycles. The first-order valence-corrected chi connectivity index (χ1v) is 11.7. The molecular formula is C26H29ClN2O5. The number of benzene rings is 2. The van der Waals surface area contributed by atoms with Crippen molar-refractivity contribution in [2.45, 2.75) is 37.8 Å². The van der Waals surface area contributed by atoms with Crippen molar-refractivity contribution in [1.29, 1.82) is 0 Å². The highest BCUT2D eigenvalue weighted by Gasteiger charge is 2.49. The van der Waals surface area contributed by atoms with Crippen LogP contribution in [0.3, 0.4) is 0 Å². The lowest BCUT2D eigenvalue weighted by molar-refractivity contribution is -0.141. The smallest absolute Gasteiger partial charge is 0.295 e. The Labute approximate surface area is 204 Å². The molecule has 0 spiro atoms. The molecule has 4 rings (SSSR count). The summed E-state index contributed by atoms with van der Waals surface area (Å²) in [6.45, 7) is 0. The van der Waals surface area contributed by atoms with Gasteiger partial charge in [0.1, 0.15) is 17.3 Å². The van der Waals surface area contributed by atoms with Crippen molar-refractivity contribution in [2.75, 3.05) is 33.2 Å². The minimum atomic E-state index is -0.708. The number of anilines is 1. The average molecular weight is 485 g/mol. The molecule has 1 aliphatic heterocycles. The Morgan fingerprint density at radius 1 is 1.03 bits per heavy atom. The maximum absolute atomic E-state index is 13.3. The minimum Gasteiger partial charge on any atom is -0.507 e. The predicted octanol–water partition coefficient (Wildman–Crippen LogP) is 4.79. The molecule has 1 unspecified atom stereocenters. The van der Waals surface area contributed by atoms with Crippen LogP contribution in [0.5, 0.6) is 11.5 Å². The van der Waals surface area contributed by atoms with Crippen LogP contribution < -0.4 is 14.4 Å². The first-order valence-electron chi connectivity index (χ1n) is 11.3. The summed E-state index contributed by atoms with van der Waals surface area (Å²) in [4.78, 5) is 30.2. The molecule has 2 aromatic rings. The highest BCUT2D eigenvalue weighted by molar-refractivity contribution is 6.46. The number of amides is 1. The van der Waals surface area contributed by atoms with Gasteiger partial charge in [-0.25, -0.2) is 0 Å². The average Bonchev–Trinajstić information content (AvgIpc) is 3.45. The summed E-state index contributed by atoms with van der Waals surface area (Å²) >= 11 is 6.33. The molecule has 2 aromatic carbocycles. The van der Waals surface area contributed by atoms with Crippen LogP contribution in [0.25, 0.3) is 5.76 Å². The fourth-order valence-corrected chi connectivity index (χ4v) is 5.12. The van der Waals surface area contributed by atoms with Gasteiger partial charge in [0, 0.05) is 31.9 Å². The number of hydrogen-bond donors (Lipinski definition) is 1. The summed E-state index contributed by atoms with van der Waals surface area (Å²) < 4.78 is 10.7. The quantitative estimate of drug-likeness (QED) is 0.361. The van der Waals surface area contributed by atoms with Crippen molar-refractivity contribution in [3.05, 3.63) is 58.1 Å². The first-order chi connectivity index (χ1) is 16.3. The second-order valence-corrected chi connectivity index (χ2v) is 9.22. The first kappa shape index (κ1) is 24.0. The monoisotopic (exact) mass is 484 g/mol. The standard InChI is InChI=1S/C26H29ClN2O5/c1-28(2)16-11-9-15(10-12-16)23-22(25(31)26(32)29(23)17-7-5-6-8-17)24(30)18-13-19(27)21(34-4)14-20(18)33-3/h9-14,17,23,30H,5-8H2,1-4H3/b24-22+. The number of likely N-dealkylation sites (tertiary alicyclic amines) is 1. The molecule has 1 saturated heterocycles. The molecular weight excluding hydrogens is 456 g/mol. The molecule has 8 heteroatoms. The van der Waals surface area contributed by atoms with Gasteiger partial charge in [0.2, 0.25) is 0 Å². The highest BCUT2D eigenvalue weighted by Crippen LogP contribution is 2.45. The summed E-state index contributed by atoms with van der Waals surface area (Å²) in [5.41, 5.74) is 2.02. The van der Waals surface area contributed by atoms with Gasteiger partial charge in [0.05, 0.1) is 36.4 Å². The molecule has 1 saturated carbocycles. The summed E-state index contributed by atoms with van der Waals surface area (Å²) in [5, 5.41) is 11.7. The summed E-state index contributed by atoms with van der Waals surface area (Å²) in [6.07, 6.45) is 3.66. The maximum atomic E-state index is 13.3. The summed E-state index contributed by atoms with van der Waals surface area (Å²) in [7, 11) is 6.82. The molecule has 1 amide bonds. The largest absolute Gasteiger partial charge is 0.507 e. The molecule has 180 valence electrons. The lowest BCUT2D eigenvalue weighted by Crippen LogP contribution is -2.37. The topological polar surface area (TPSA) is 79.3 Å². The number of methoxy groups -OCH3 is 2. The van der Waals surface area contributed by atoms with E-state index in [1.807, 2.05) is 43.3 Å². The number of carbonyl (C=O) groups is 2. The van der Waals surface area contributed by atoms with Gasteiger partial charge in [-0.3, -0.25) is 9.59 Å². The number of hydrogen-bond acceptors (Lipinski definition) is 6. The Morgan fingerprint density at radius 3 is 2.21 bits per heavy atom. The van der Waals surface area contributed by atoms with Crippen molar-refractivity contribution in [1.82, 2.24) is 4.90 Å². The number of aliphatic hydroxyl groups is 1. The molecule has 34 heavy (non-hydrogen) atoms. The zero-order valence-electron chi connectivity index (χ0n) is 19.8. The SMILES string of the molecule is COc1cc(OC)c(/C(O)=C2\C(=O)C(=O)N(C3CCCC3)C2c2ccc(N(C)C)cc2)cc1Cl. The third-order valence-corrected chi connectivity index (χ3v) is 6.95. The van der Waals surface area contributed by atoms with Crippen LogP contribution in [-0.2, 0) is 9.59 Å². The number of ketones is 1. The third-order valence-electron chi connectivity index (χ3n) is 6.65. The van der Waals surface area contributed by atoms with Crippen LogP contribution >= 0.6 is 11.6 Å². The van der Waals surface area contributed by atoms with E-state index >= 15 is 0 Å². The van der Waals surface area contributed by atoms with Crippen molar-refractivity contribution in [3.63, 3.8) is 0 Å². The van der Waals surface area contributed by atoms with E-state index in [1.54, 1.807) is 11.0 Å². The second kappa shape index (κ2) is 9.58. The van der Waals surface area contributed by atoms with Gasteiger partial charge in [0.25, 0.3) is 11.7 Å². The number of aliphatic hydroxyl groups excluding tert-OH is 1. The second-order valence-electron chi connectivity index (χ2n) is 8.82. The highest BCUT2D eigenvalue weighted by atomic mass is 35.5. The number of halogens is 1. The van der Waals surface area contributed by atoms with Crippen LogP contribution in [0.4, 0.5) is 5.69 Å². The Bertz CT molecular complexity index is 1140. The normalized spacial score (nSPS) is 20.1. The Kier molecular flexibility index (Phi) is 6.75. The fourth-order valence-electron chi connectivity index (χ4n) is 4.88. The summed E-state index contributed by atoms with van der Waals surface area (Å²) in [6, 6.07) is 9.96. The van der Waals surface area contributed by atoms with E-state index < -0.39 is 17.7 Å². The van der Waals surface area contributed by atoms with Gasteiger partial charge in [-0.2, -0.15) is 0 Å². The number of Topliss-reactive ketones (excluding diaryl/α,β-unsaturated/α-hetero) is 1. The maximum Gasteiger partial charge on any atom is 0.295 e. The van der Waals surface area contributed by atoms with Gasteiger partial charge in [0.15, 0.2) is 0 Å². The van der Waals surface area contributed by atoms with E-state index in [0.29, 0.717) is 5.75 Å². The van der Waals surface area contributed by atoms with Crippen LogP contribution in [-0.4, -0.2) is 56.1 Å². The number of carbonyl (C=O) groups excluding carboxylic acids is 2. The van der Waals surface area contributed by atoms with Gasteiger partial charge in [-0.1, -0.05) is 36.6 Å². The number of ether oxygens (including phenoxy) is 2. The molecule has 2 fully saturated rings. The Hall–Kier alpha value is -3.19. The van der Waals surface area contributed by atoms with Gasteiger partial charge in [-0.15, -0.1) is 0 Å². The minimum absolute atomic E-state index is 0.0361. The Morgan fingerprint density at radius 2 is 1.65 bits per heavy atom. The van der Waals surface area contributed by atoms with Crippen molar-refractivity contribution < 1.29 is 24.2 Å². The zero-order valence-corrected chi connectivity index (χ0v) is 20.6. The van der Waals surface area contributed by atoms with E-state index in [9.17, 15) is 14.7 Å². The molecule has 0 bridgehead atoms. The van der Waals surface area contributed by atoms with E-state index in [4.69, 9.17) is 21.1 Å². The van der Waals surface area contributed by atoms with Gasteiger partial charge in [-0.05, 0) is 36.6 Å². The van der Waals surface area contributed by atoms with Crippen molar-refractivity contribution in [2.24, 2.45) is 0 Å². The Balaban J connectivity index is 1.91. The fraction of sp³-hybridized carbons (Fsp3) is 0.385. The number of rotatable bonds is 6.